The number of nitrogens with zero attached hydrogens (tertiary/aromatic N) is 5. The molecule has 2 aromatic carbocycles. The summed E-state index contributed by atoms with van der Waals surface area (Å²) in [6, 6.07) is 12.0. The first kappa shape index (κ1) is 17.2. The van der Waals surface area contributed by atoms with Gasteiger partial charge < -0.3 is 5.32 Å². The molecule has 1 amide bonds. The predicted octanol–water partition coefficient (Wildman–Crippen LogP) is 2.12. The molecule has 132 valence electrons. The molecule has 1 aromatic heterocycles. The summed E-state index contributed by atoms with van der Waals surface area (Å²) >= 11 is 0. The van der Waals surface area contributed by atoms with Gasteiger partial charge in [-0.15, -0.1) is 5.10 Å². The molecule has 0 fully saturated rings. The Bertz CT molecular complexity index is 965. The number of amides is 1. The van der Waals surface area contributed by atoms with Gasteiger partial charge in [0.2, 0.25) is 0 Å². The lowest BCUT2D eigenvalue weighted by molar-refractivity contribution is -0.385. The predicted molar refractivity (Wildman–Crippen MR) is 92.9 cm³/mol. The van der Waals surface area contributed by atoms with Crippen molar-refractivity contribution in [3.8, 4) is 5.69 Å². The fourth-order valence-electron chi connectivity index (χ4n) is 2.52. The van der Waals surface area contributed by atoms with Crippen molar-refractivity contribution in [3.63, 3.8) is 0 Å². The molecule has 0 unspecified atom stereocenters. The van der Waals surface area contributed by atoms with Gasteiger partial charge >= 0.3 is 0 Å². The van der Waals surface area contributed by atoms with Crippen LogP contribution in [-0.4, -0.2) is 31.0 Å². The Labute approximate surface area is 148 Å². The fraction of sp³-hybridized carbons (Fsp3) is 0.176. The molecule has 0 bridgehead atoms. The molecule has 26 heavy (non-hydrogen) atoms. The zero-order valence-electron chi connectivity index (χ0n) is 14.2. The van der Waals surface area contributed by atoms with Crippen molar-refractivity contribution in [2.24, 2.45) is 0 Å². The number of aryl methyl sites for hydroxylation is 1. The quantitative estimate of drug-likeness (QED) is 0.555. The first-order valence-corrected chi connectivity index (χ1v) is 7.84. The van der Waals surface area contributed by atoms with Crippen molar-refractivity contribution in [1.29, 1.82) is 0 Å². The topological polar surface area (TPSA) is 116 Å². The average molecular weight is 352 g/mol. The lowest BCUT2D eigenvalue weighted by atomic mass is 10.1. The molecule has 0 atom stereocenters. The molecule has 1 heterocycles. The monoisotopic (exact) mass is 352 g/mol. The number of hydrogen-bond donors (Lipinski definition) is 1. The van der Waals surface area contributed by atoms with E-state index in [2.05, 4.69) is 20.8 Å². The minimum absolute atomic E-state index is 0.0852. The molecule has 0 aliphatic heterocycles. The molecule has 0 radical (unpaired) electrons. The summed E-state index contributed by atoms with van der Waals surface area (Å²) in [5.74, 6) is 0.0231. The van der Waals surface area contributed by atoms with Gasteiger partial charge in [0, 0.05) is 17.2 Å². The smallest absolute Gasteiger partial charge is 0.273 e. The second kappa shape index (κ2) is 7.09. The van der Waals surface area contributed by atoms with Crippen molar-refractivity contribution < 1.29 is 9.72 Å². The standard InChI is InChI=1S/C17H16N6O3/c1-11-6-8-13(9-7-11)22-16(19-20-21-22)10-18-17(24)14-4-3-5-15(12(14)2)23(25)26/h3-9H,10H2,1-2H3,(H,18,24). The van der Waals surface area contributed by atoms with E-state index in [1.54, 1.807) is 13.0 Å². The van der Waals surface area contributed by atoms with Gasteiger partial charge in [0.25, 0.3) is 11.6 Å². The molecule has 9 nitrogen and oxygen atoms in total. The second-order valence-electron chi connectivity index (χ2n) is 5.73. The number of rotatable bonds is 5. The Morgan fingerprint density at radius 3 is 2.62 bits per heavy atom. The number of nitrogens with one attached hydrogen (secondary N) is 1. The van der Waals surface area contributed by atoms with Crippen LogP contribution in [0.4, 0.5) is 5.69 Å². The van der Waals surface area contributed by atoms with Crippen molar-refractivity contribution in [1.82, 2.24) is 25.5 Å². The van der Waals surface area contributed by atoms with E-state index in [0.717, 1.165) is 11.3 Å². The number of tetrazole rings is 1. The lowest BCUT2D eigenvalue weighted by Gasteiger charge is -2.08. The molecule has 9 heteroatoms. The van der Waals surface area contributed by atoms with Crippen LogP contribution in [0.25, 0.3) is 5.69 Å². The molecule has 0 saturated carbocycles. The van der Waals surface area contributed by atoms with Gasteiger partial charge in [-0.1, -0.05) is 23.8 Å². The van der Waals surface area contributed by atoms with Crippen LogP contribution in [0.1, 0.15) is 27.3 Å². The van der Waals surface area contributed by atoms with Gasteiger partial charge in [0.15, 0.2) is 5.82 Å². The highest BCUT2D eigenvalue weighted by atomic mass is 16.6. The highest BCUT2D eigenvalue weighted by Crippen LogP contribution is 2.21. The van der Waals surface area contributed by atoms with Crippen LogP contribution in [-0.2, 0) is 6.54 Å². The minimum Gasteiger partial charge on any atom is -0.345 e. The van der Waals surface area contributed by atoms with Crippen molar-refractivity contribution in [2.45, 2.75) is 20.4 Å². The Balaban J connectivity index is 1.78. The molecule has 0 spiro atoms. The van der Waals surface area contributed by atoms with Crippen LogP contribution in [0.3, 0.4) is 0 Å². The molecule has 0 aliphatic carbocycles. The zero-order valence-corrected chi connectivity index (χ0v) is 14.2. The van der Waals surface area contributed by atoms with E-state index in [1.165, 1.54) is 16.8 Å². The SMILES string of the molecule is Cc1ccc(-n2nnnc2CNC(=O)c2cccc([N+](=O)[O-])c2C)cc1. The Morgan fingerprint density at radius 1 is 1.19 bits per heavy atom. The van der Waals surface area contributed by atoms with Gasteiger partial charge in [-0.25, -0.2) is 0 Å². The van der Waals surface area contributed by atoms with E-state index >= 15 is 0 Å². The van der Waals surface area contributed by atoms with E-state index in [1.807, 2.05) is 31.2 Å². The first-order chi connectivity index (χ1) is 12.5. The number of nitro benzene ring substituents is 1. The van der Waals surface area contributed by atoms with E-state index in [9.17, 15) is 14.9 Å². The second-order valence-corrected chi connectivity index (χ2v) is 5.73. The van der Waals surface area contributed by atoms with Crippen LogP contribution < -0.4 is 5.32 Å². The number of aromatic nitrogens is 4. The van der Waals surface area contributed by atoms with Crippen LogP contribution in [0.15, 0.2) is 42.5 Å². The molecule has 3 rings (SSSR count). The van der Waals surface area contributed by atoms with Crippen molar-refractivity contribution >= 4 is 11.6 Å². The normalized spacial score (nSPS) is 10.5. The summed E-state index contributed by atoms with van der Waals surface area (Å²) in [7, 11) is 0. The maximum atomic E-state index is 12.4. The number of carbonyl (C=O) groups excluding carboxylic acids is 1. The summed E-state index contributed by atoms with van der Waals surface area (Å²) in [4.78, 5) is 22.9. The van der Waals surface area contributed by atoms with Gasteiger partial charge in [-0.2, -0.15) is 4.68 Å². The van der Waals surface area contributed by atoms with E-state index < -0.39 is 10.8 Å². The molecular formula is C17H16N6O3. The maximum Gasteiger partial charge on any atom is 0.273 e. The largest absolute Gasteiger partial charge is 0.345 e. The lowest BCUT2D eigenvalue weighted by Crippen LogP contribution is -2.25. The van der Waals surface area contributed by atoms with Crippen LogP contribution in [0.2, 0.25) is 0 Å². The average Bonchev–Trinajstić information content (AvgIpc) is 3.09. The highest BCUT2D eigenvalue weighted by molar-refractivity contribution is 5.96. The van der Waals surface area contributed by atoms with Crippen LogP contribution in [0, 0.1) is 24.0 Å². The third-order valence-electron chi connectivity index (χ3n) is 3.97. The number of carbonyl (C=O) groups is 1. The fourth-order valence-corrected chi connectivity index (χ4v) is 2.52. The number of benzene rings is 2. The van der Waals surface area contributed by atoms with E-state index in [4.69, 9.17) is 0 Å². The molecule has 0 saturated heterocycles. The van der Waals surface area contributed by atoms with Gasteiger partial charge in [-0.05, 0) is 42.5 Å². The molecule has 3 aromatic rings. The summed E-state index contributed by atoms with van der Waals surface area (Å²) in [5.41, 5.74) is 2.35. The zero-order chi connectivity index (χ0) is 18.7. The summed E-state index contributed by atoms with van der Waals surface area (Å²) in [6.07, 6.45) is 0. The van der Waals surface area contributed by atoms with Crippen molar-refractivity contribution in [3.05, 3.63) is 75.1 Å². The molecule has 1 N–H and O–H groups in total. The number of hydrogen-bond acceptors (Lipinski definition) is 6. The third-order valence-corrected chi connectivity index (χ3v) is 3.97. The Kier molecular flexibility index (Phi) is 4.70. The van der Waals surface area contributed by atoms with Gasteiger partial charge in [0.05, 0.1) is 17.2 Å². The van der Waals surface area contributed by atoms with E-state index in [0.29, 0.717) is 11.4 Å². The van der Waals surface area contributed by atoms with Crippen LogP contribution in [0.5, 0.6) is 0 Å². The Morgan fingerprint density at radius 2 is 1.92 bits per heavy atom. The minimum atomic E-state index is -0.510. The summed E-state index contributed by atoms with van der Waals surface area (Å²) < 4.78 is 1.53. The highest BCUT2D eigenvalue weighted by Gasteiger charge is 2.18. The van der Waals surface area contributed by atoms with Crippen LogP contribution >= 0.6 is 0 Å². The third kappa shape index (κ3) is 3.41. The Hall–Kier alpha value is -3.62. The molecular weight excluding hydrogens is 336 g/mol. The van der Waals surface area contributed by atoms with Gasteiger partial charge in [-0.3, -0.25) is 14.9 Å². The number of nitro groups is 1. The van der Waals surface area contributed by atoms with E-state index in [-0.39, 0.29) is 17.8 Å². The maximum absolute atomic E-state index is 12.4. The summed E-state index contributed by atoms with van der Waals surface area (Å²) in [6.45, 7) is 3.61. The van der Waals surface area contributed by atoms with Gasteiger partial charge in [0.1, 0.15) is 0 Å². The van der Waals surface area contributed by atoms with Crippen molar-refractivity contribution in [2.75, 3.05) is 0 Å². The summed E-state index contributed by atoms with van der Waals surface area (Å²) in [5, 5.41) is 25.2. The first-order valence-electron chi connectivity index (χ1n) is 7.84. The molecule has 0 aliphatic rings.